The zero-order chi connectivity index (χ0) is 37.0. The fraction of sp³-hybridized carbons (Fsp3) is 0.0769. The first-order valence-corrected chi connectivity index (χ1v) is 19.6. The molecule has 0 amide bonds. The average molecular weight is 721 g/mol. The van der Waals surface area contributed by atoms with E-state index >= 15 is 0 Å². The van der Waals surface area contributed by atoms with Crippen molar-refractivity contribution >= 4 is 44.3 Å². The third kappa shape index (κ3) is 5.29. The summed E-state index contributed by atoms with van der Waals surface area (Å²) in [6.07, 6.45) is 6.49. The molecule has 0 bridgehead atoms. The van der Waals surface area contributed by atoms with Gasteiger partial charge in [-0.1, -0.05) is 158 Å². The summed E-state index contributed by atoms with van der Waals surface area (Å²) in [5, 5.41) is 12.7. The minimum absolute atomic E-state index is 0.0220. The van der Waals surface area contributed by atoms with E-state index in [1.165, 1.54) is 83.4 Å². The van der Waals surface area contributed by atoms with Crippen LogP contribution in [0.2, 0.25) is 0 Å². The van der Waals surface area contributed by atoms with E-state index in [9.17, 15) is 0 Å². The summed E-state index contributed by atoms with van der Waals surface area (Å²) >= 11 is 0. The predicted molar refractivity (Wildman–Crippen MR) is 234 cm³/mol. The first kappa shape index (κ1) is 32.4. The lowest BCUT2D eigenvalue weighted by Gasteiger charge is -2.32. The molecule has 0 fully saturated rings. The number of rotatable bonds is 6. The molecule has 0 saturated carbocycles. The van der Waals surface area contributed by atoms with Crippen LogP contribution in [0.3, 0.4) is 0 Å². The number of nitrogens with zero attached hydrogens (tertiary/aromatic N) is 2. The van der Waals surface area contributed by atoms with Crippen molar-refractivity contribution in [3.05, 3.63) is 217 Å². The minimum Gasteiger partial charge on any atom is -0.360 e. The van der Waals surface area contributed by atoms with Gasteiger partial charge in [-0.25, -0.2) is 0 Å². The van der Waals surface area contributed by atoms with Crippen molar-refractivity contribution in [3.8, 4) is 22.3 Å². The Morgan fingerprint density at radius 2 is 0.964 bits per heavy atom. The monoisotopic (exact) mass is 720 g/mol. The highest BCUT2D eigenvalue weighted by molar-refractivity contribution is 6.19. The Hall–Kier alpha value is -7.04. The summed E-state index contributed by atoms with van der Waals surface area (Å²) in [7, 11) is 0. The van der Waals surface area contributed by atoms with Crippen molar-refractivity contribution in [3.63, 3.8) is 0 Å². The summed E-state index contributed by atoms with van der Waals surface area (Å²) in [5.74, 6) is 0. The van der Waals surface area contributed by atoms with Gasteiger partial charge in [-0.15, -0.1) is 0 Å². The van der Waals surface area contributed by atoms with Crippen LogP contribution in [-0.2, 0) is 0 Å². The van der Waals surface area contributed by atoms with E-state index in [0.29, 0.717) is 0 Å². The van der Waals surface area contributed by atoms with Gasteiger partial charge in [0.05, 0.1) is 28.4 Å². The Kier molecular flexibility index (Phi) is 7.73. The molecule has 2 unspecified atom stereocenters. The minimum atomic E-state index is -0.0641. The fourth-order valence-corrected chi connectivity index (χ4v) is 9.17. The molecule has 0 spiro atoms. The average Bonchev–Trinajstić information content (AvgIpc) is 3.86. The predicted octanol–water partition coefficient (Wildman–Crippen LogP) is 13.3. The number of fused-ring (bicyclic) bond motifs is 3. The summed E-state index contributed by atoms with van der Waals surface area (Å²) in [5.41, 5.74) is 14.6. The first-order chi connectivity index (χ1) is 27.8. The lowest BCUT2D eigenvalue weighted by Crippen LogP contribution is -2.29. The highest BCUT2D eigenvalue weighted by atomic mass is 15.3. The third-order valence-electron chi connectivity index (χ3n) is 11.7. The molecule has 2 N–H and O–H groups in total. The molecule has 2 atom stereocenters. The summed E-state index contributed by atoms with van der Waals surface area (Å²) in [6.45, 7) is 0. The molecule has 2 heterocycles. The standard InChI is InChI=1S/C52H40N4/c1-4-16-35(17-5-1)36-30-32-37(33-31-36)50-40-22-14-28-46(55-48-26-12-10-24-44(48)53-51(55)38-18-6-2-7-19-38)42(40)34-43-41(50)23-15-29-47(43)56-49-27-13-11-25-45(49)54-52(56)39-20-8-3-9-21-39/h1-12,14-26,28-34,51-54H,13,27H2. The third-order valence-corrected chi connectivity index (χ3v) is 11.7. The van der Waals surface area contributed by atoms with Crippen LogP contribution >= 0.6 is 0 Å². The highest BCUT2D eigenvalue weighted by Gasteiger charge is 2.35. The topological polar surface area (TPSA) is 30.5 Å². The van der Waals surface area contributed by atoms with Crippen molar-refractivity contribution in [2.24, 2.45) is 0 Å². The number of nitrogens with one attached hydrogen (secondary N) is 2. The van der Waals surface area contributed by atoms with Crippen molar-refractivity contribution < 1.29 is 0 Å². The van der Waals surface area contributed by atoms with E-state index in [-0.39, 0.29) is 12.3 Å². The first-order valence-electron chi connectivity index (χ1n) is 19.6. The Morgan fingerprint density at radius 1 is 0.429 bits per heavy atom. The van der Waals surface area contributed by atoms with Crippen molar-refractivity contribution in [2.75, 3.05) is 15.1 Å². The molecule has 11 rings (SSSR count). The summed E-state index contributed by atoms with van der Waals surface area (Å²) < 4.78 is 0. The molecule has 0 radical (unpaired) electrons. The maximum Gasteiger partial charge on any atom is 0.130 e. The molecule has 56 heavy (non-hydrogen) atoms. The van der Waals surface area contributed by atoms with E-state index in [2.05, 4.69) is 215 Å². The van der Waals surface area contributed by atoms with Crippen LogP contribution < -0.4 is 20.4 Å². The zero-order valence-electron chi connectivity index (χ0n) is 30.9. The normalized spacial score (nSPS) is 17.2. The SMILES string of the molecule is C1=CC2=C(CC1)N(c1cccc3c(-c4ccc(-c5ccccc5)cc4)c4cccc(N5c6ccccc6NC5c5ccccc5)c4cc13)C(c1ccccc1)N2. The second-order valence-electron chi connectivity index (χ2n) is 14.9. The van der Waals surface area contributed by atoms with Gasteiger partial charge in [-0.05, 0) is 93.4 Å². The van der Waals surface area contributed by atoms with Crippen LogP contribution in [0.25, 0.3) is 43.8 Å². The summed E-state index contributed by atoms with van der Waals surface area (Å²) in [4.78, 5) is 5.08. The van der Waals surface area contributed by atoms with Crippen molar-refractivity contribution in [1.29, 1.82) is 0 Å². The van der Waals surface area contributed by atoms with E-state index in [0.717, 1.165) is 18.5 Å². The Morgan fingerprint density at radius 3 is 1.64 bits per heavy atom. The number of hydrogen-bond donors (Lipinski definition) is 2. The molecular formula is C52H40N4. The van der Waals surface area contributed by atoms with E-state index in [4.69, 9.17) is 0 Å². The number of benzene rings is 8. The Bertz CT molecular complexity index is 2810. The molecule has 8 aromatic carbocycles. The fourth-order valence-electron chi connectivity index (χ4n) is 9.17. The van der Waals surface area contributed by atoms with Crippen molar-refractivity contribution in [1.82, 2.24) is 5.32 Å². The number of allylic oxidation sites excluding steroid dienone is 3. The van der Waals surface area contributed by atoms with Gasteiger partial charge in [0.25, 0.3) is 0 Å². The highest BCUT2D eigenvalue weighted by Crippen LogP contribution is 2.51. The second-order valence-corrected chi connectivity index (χ2v) is 14.9. The van der Waals surface area contributed by atoms with Gasteiger partial charge in [0.2, 0.25) is 0 Å². The van der Waals surface area contributed by atoms with Crippen LogP contribution in [0.1, 0.15) is 36.3 Å². The maximum absolute atomic E-state index is 3.92. The zero-order valence-corrected chi connectivity index (χ0v) is 30.9. The molecule has 0 saturated heterocycles. The lowest BCUT2D eigenvalue weighted by atomic mass is 9.89. The van der Waals surface area contributed by atoms with Crippen LogP contribution in [0.4, 0.5) is 22.7 Å². The molecule has 2 aliphatic heterocycles. The largest absolute Gasteiger partial charge is 0.360 e. The molecule has 4 heteroatoms. The van der Waals surface area contributed by atoms with Gasteiger partial charge < -0.3 is 20.4 Å². The smallest absolute Gasteiger partial charge is 0.130 e. The second kappa shape index (κ2) is 13.4. The number of para-hydroxylation sites is 2. The van der Waals surface area contributed by atoms with Gasteiger partial charge in [0, 0.05) is 16.5 Å². The molecule has 8 aromatic rings. The summed E-state index contributed by atoms with van der Waals surface area (Å²) in [6, 6.07) is 66.4. The molecule has 0 aromatic heterocycles. The van der Waals surface area contributed by atoms with Gasteiger partial charge in [0.15, 0.2) is 0 Å². The van der Waals surface area contributed by atoms with Gasteiger partial charge in [-0.2, -0.15) is 0 Å². The van der Waals surface area contributed by atoms with Gasteiger partial charge in [0.1, 0.15) is 12.3 Å². The molecule has 1 aliphatic carbocycles. The Labute approximate surface area is 327 Å². The van der Waals surface area contributed by atoms with Crippen LogP contribution in [0.15, 0.2) is 206 Å². The maximum atomic E-state index is 3.92. The van der Waals surface area contributed by atoms with Gasteiger partial charge >= 0.3 is 0 Å². The number of hydrogen-bond acceptors (Lipinski definition) is 4. The molecule has 3 aliphatic rings. The molecule has 268 valence electrons. The van der Waals surface area contributed by atoms with Crippen LogP contribution in [-0.4, -0.2) is 0 Å². The Balaban J connectivity index is 1.19. The van der Waals surface area contributed by atoms with E-state index < -0.39 is 0 Å². The lowest BCUT2D eigenvalue weighted by molar-refractivity contribution is 0.648. The van der Waals surface area contributed by atoms with Crippen LogP contribution in [0, 0.1) is 0 Å². The van der Waals surface area contributed by atoms with Crippen molar-refractivity contribution in [2.45, 2.75) is 25.2 Å². The van der Waals surface area contributed by atoms with Gasteiger partial charge in [-0.3, -0.25) is 0 Å². The quantitative estimate of drug-likeness (QED) is 0.167. The molecular weight excluding hydrogens is 681 g/mol. The van der Waals surface area contributed by atoms with E-state index in [1.807, 2.05) is 0 Å². The van der Waals surface area contributed by atoms with Crippen LogP contribution in [0.5, 0.6) is 0 Å². The molecule has 4 nitrogen and oxygen atoms in total. The number of anilines is 4. The van der Waals surface area contributed by atoms with E-state index in [1.54, 1.807) is 0 Å².